The molecule has 158 valence electrons. The predicted molar refractivity (Wildman–Crippen MR) is 116 cm³/mol. The molecular weight excluding hydrogens is 348 g/mol. The normalized spacial score (nSPS) is 31.9. The van der Waals surface area contributed by atoms with Crippen molar-refractivity contribution in [2.24, 2.45) is 10.8 Å². The van der Waals surface area contributed by atoms with Gasteiger partial charge in [-0.3, -0.25) is 4.79 Å². The molecule has 2 aliphatic heterocycles. The molecule has 0 spiro atoms. The van der Waals surface area contributed by atoms with Gasteiger partial charge in [0, 0.05) is 6.42 Å². The first-order chi connectivity index (χ1) is 13.3. The average Bonchev–Trinajstić information content (AvgIpc) is 3.40. The zero-order chi connectivity index (χ0) is 20.6. The molecule has 0 N–H and O–H groups in total. The third kappa shape index (κ3) is 6.62. The van der Waals surface area contributed by atoms with Gasteiger partial charge in [-0.2, -0.15) is 0 Å². The largest absolute Gasteiger partial charge is 0.457 e. The Morgan fingerprint density at radius 3 is 2.61 bits per heavy atom. The summed E-state index contributed by atoms with van der Waals surface area (Å²) in [5.41, 5.74) is -0.583. The fourth-order valence-corrected chi connectivity index (χ4v) is 3.63. The lowest BCUT2D eigenvalue weighted by Crippen LogP contribution is -2.42. The van der Waals surface area contributed by atoms with E-state index in [-0.39, 0.29) is 17.5 Å². The summed E-state index contributed by atoms with van der Waals surface area (Å²) in [6.45, 7) is 10.6. The van der Waals surface area contributed by atoms with Crippen molar-refractivity contribution in [1.82, 2.24) is 0 Å². The highest BCUT2D eigenvalue weighted by Gasteiger charge is 2.44. The third-order valence-electron chi connectivity index (χ3n) is 6.70. The fraction of sp³-hybridized carbons (Fsp3) is 0.720. The third-order valence-corrected chi connectivity index (χ3v) is 6.70. The molecule has 0 amide bonds. The van der Waals surface area contributed by atoms with Crippen LogP contribution in [0.5, 0.6) is 0 Å². The topological polar surface area (TPSA) is 38.8 Å². The Bertz CT molecular complexity index is 583. The molecule has 1 fully saturated rings. The van der Waals surface area contributed by atoms with Crippen LogP contribution in [0.4, 0.5) is 0 Å². The first-order valence-corrected chi connectivity index (χ1v) is 11.1. The molecular formula is C25H40O3. The number of carbonyl (C=O) groups excluding carboxylic acids is 1. The number of allylic oxidation sites excluding steroid dienone is 4. The van der Waals surface area contributed by atoms with Crippen molar-refractivity contribution >= 4 is 5.97 Å². The van der Waals surface area contributed by atoms with E-state index in [1.54, 1.807) is 0 Å². The second kappa shape index (κ2) is 10.4. The van der Waals surface area contributed by atoms with Gasteiger partial charge in [-0.15, -0.1) is 0 Å². The quantitative estimate of drug-likeness (QED) is 0.224. The van der Waals surface area contributed by atoms with Gasteiger partial charge in [0.1, 0.15) is 6.10 Å². The van der Waals surface area contributed by atoms with Gasteiger partial charge in [0.25, 0.3) is 0 Å². The van der Waals surface area contributed by atoms with Crippen LogP contribution in [-0.4, -0.2) is 24.3 Å². The van der Waals surface area contributed by atoms with Crippen LogP contribution >= 0.6 is 0 Å². The van der Waals surface area contributed by atoms with Gasteiger partial charge in [-0.25, -0.2) is 0 Å². The molecule has 3 atom stereocenters. The molecule has 0 saturated carbocycles. The Morgan fingerprint density at radius 2 is 1.89 bits per heavy atom. The van der Waals surface area contributed by atoms with Crippen molar-refractivity contribution in [1.29, 1.82) is 0 Å². The summed E-state index contributed by atoms with van der Waals surface area (Å²) >= 11 is 0. The number of hydrogen-bond donors (Lipinski definition) is 0. The molecule has 28 heavy (non-hydrogen) atoms. The van der Waals surface area contributed by atoms with E-state index in [0.717, 1.165) is 44.9 Å². The maximum atomic E-state index is 12.9. The second-order valence-corrected chi connectivity index (χ2v) is 9.42. The highest BCUT2D eigenvalue weighted by Crippen LogP contribution is 2.44. The van der Waals surface area contributed by atoms with E-state index >= 15 is 0 Å². The van der Waals surface area contributed by atoms with Crippen molar-refractivity contribution in [2.75, 3.05) is 0 Å². The molecule has 2 rings (SSSR count). The molecule has 0 aliphatic carbocycles. The number of esters is 1. The molecule has 0 radical (unpaired) electrons. The molecule has 3 nitrogen and oxygen atoms in total. The highest BCUT2D eigenvalue weighted by molar-refractivity contribution is 5.77. The number of cyclic esters (lactones) is 1. The summed E-state index contributed by atoms with van der Waals surface area (Å²) in [4.78, 5) is 12.9. The van der Waals surface area contributed by atoms with Crippen molar-refractivity contribution in [3.8, 4) is 0 Å². The lowest BCUT2D eigenvalue weighted by molar-refractivity contribution is -0.164. The summed E-state index contributed by atoms with van der Waals surface area (Å²) in [5, 5.41) is 0. The maximum absolute atomic E-state index is 12.9. The average molecular weight is 389 g/mol. The summed E-state index contributed by atoms with van der Waals surface area (Å²) in [6, 6.07) is 0. The second-order valence-electron chi connectivity index (χ2n) is 9.42. The van der Waals surface area contributed by atoms with Crippen LogP contribution in [-0.2, 0) is 14.3 Å². The van der Waals surface area contributed by atoms with E-state index in [4.69, 9.17) is 9.47 Å². The number of epoxide rings is 1. The van der Waals surface area contributed by atoms with Gasteiger partial charge >= 0.3 is 5.97 Å². The minimum atomic E-state index is -0.502. The van der Waals surface area contributed by atoms with Crippen LogP contribution in [0.25, 0.3) is 0 Å². The lowest BCUT2D eigenvalue weighted by atomic mass is 9.65. The van der Waals surface area contributed by atoms with E-state index in [9.17, 15) is 4.79 Å². The maximum Gasteiger partial charge on any atom is 0.312 e. The molecule has 3 heteroatoms. The highest BCUT2D eigenvalue weighted by atomic mass is 16.6. The smallest absolute Gasteiger partial charge is 0.312 e. The van der Waals surface area contributed by atoms with Gasteiger partial charge < -0.3 is 9.47 Å². The monoisotopic (exact) mass is 388 g/mol. The Labute approximate surface area is 172 Å². The van der Waals surface area contributed by atoms with Gasteiger partial charge in [-0.05, 0) is 63.9 Å². The summed E-state index contributed by atoms with van der Waals surface area (Å²) < 4.78 is 11.5. The predicted octanol–water partition coefficient (Wildman–Crippen LogP) is 6.54. The minimum Gasteiger partial charge on any atom is -0.457 e. The van der Waals surface area contributed by atoms with Crippen LogP contribution < -0.4 is 0 Å². The van der Waals surface area contributed by atoms with Crippen LogP contribution in [0.2, 0.25) is 0 Å². The molecule has 0 aromatic rings. The molecule has 2 aliphatic rings. The molecule has 0 aromatic carbocycles. The zero-order valence-corrected chi connectivity index (χ0v) is 18.6. The van der Waals surface area contributed by atoms with Gasteiger partial charge in [0.2, 0.25) is 0 Å². The summed E-state index contributed by atoms with van der Waals surface area (Å²) in [5.74, 6) is -0.0957. The molecule has 3 unspecified atom stereocenters. The van der Waals surface area contributed by atoms with Crippen LogP contribution in [0, 0.1) is 10.8 Å². The minimum absolute atomic E-state index is 0.0810. The number of ether oxygens (including phenoxy) is 2. The number of carbonyl (C=O) groups is 1. The first kappa shape index (κ1) is 22.9. The first-order valence-electron chi connectivity index (χ1n) is 11.1. The van der Waals surface area contributed by atoms with Crippen molar-refractivity contribution < 1.29 is 14.3 Å². The fourth-order valence-electron chi connectivity index (χ4n) is 3.63. The Kier molecular flexibility index (Phi) is 8.55. The number of hydrogen-bond acceptors (Lipinski definition) is 3. The lowest BCUT2D eigenvalue weighted by Gasteiger charge is -2.40. The van der Waals surface area contributed by atoms with Crippen molar-refractivity contribution in [3.63, 3.8) is 0 Å². The summed E-state index contributed by atoms with van der Waals surface area (Å²) in [7, 11) is 0. The van der Waals surface area contributed by atoms with Gasteiger partial charge in [-0.1, -0.05) is 57.6 Å². The SMILES string of the molecule is CCC1OC1CCC=CC=CC1C/C=C\CCCCC(C)(C)C(C)(C)C(=O)O1. The van der Waals surface area contributed by atoms with Crippen LogP contribution in [0.1, 0.15) is 86.0 Å². The molecule has 0 bridgehead atoms. The molecule has 2 heterocycles. The van der Waals surface area contributed by atoms with E-state index in [0.29, 0.717) is 12.2 Å². The van der Waals surface area contributed by atoms with Crippen molar-refractivity contribution in [3.05, 3.63) is 36.5 Å². The summed E-state index contributed by atoms with van der Waals surface area (Å²) in [6.07, 6.45) is 21.8. The van der Waals surface area contributed by atoms with Gasteiger partial charge in [0.05, 0.1) is 17.6 Å². The number of rotatable bonds is 6. The molecule has 1 saturated heterocycles. The van der Waals surface area contributed by atoms with E-state index in [1.165, 1.54) is 6.42 Å². The standard InChI is InChI=1S/C25H40O3/c1-6-21-22(28-21)18-14-10-9-13-17-20-16-12-8-7-11-15-19-24(2,3)25(4,5)23(26)27-20/h8-10,12-13,17,20-22H,6-7,11,14-16,18-19H2,1-5H3/b10-9?,12-8-,17-13?. The Balaban J connectivity index is 1.93. The van der Waals surface area contributed by atoms with E-state index in [1.807, 2.05) is 26.0 Å². The van der Waals surface area contributed by atoms with Crippen molar-refractivity contribution in [2.45, 2.75) is 104 Å². The Morgan fingerprint density at radius 1 is 1.11 bits per heavy atom. The van der Waals surface area contributed by atoms with Crippen LogP contribution in [0.15, 0.2) is 36.5 Å². The molecule has 0 aromatic heterocycles. The van der Waals surface area contributed by atoms with E-state index in [2.05, 4.69) is 45.1 Å². The Hall–Kier alpha value is -1.35. The van der Waals surface area contributed by atoms with Crippen LogP contribution in [0.3, 0.4) is 0 Å². The van der Waals surface area contributed by atoms with Gasteiger partial charge in [0.15, 0.2) is 0 Å². The van der Waals surface area contributed by atoms with E-state index < -0.39 is 5.41 Å². The zero-order valence-electron chi connectivity index (χ0n) is 18.6.